The Morgan fingerprint density at radius 1 is 1.30 bits per heavy atom. The molecule has 1 fully saturated rings. The van der Waals surface area contributed by atoms with E-state index in [1.54, 1.807) is 12.1 Å². The third-order valence-corrected chi connectivity index (χ3v) is 5.88. The Bertz CT molecular complexity index is 567. The number of amides is 1. The van der Waals surface area contributed by atoms with Gasteiger partial charge >= 0.3 is 0 Å². The van der Waals surface area contributed by atoms with Gasteiger partial charge in [0.25, 0.3) is 5.91 Å². The summed E-state index contributed by atoms with van der Waals surface area (Å²) in [5, 5.41) is 2.28. The van der Waals surface area contributed by atoms with Gasteiger partial charge in [-0.3, -0.25) is 4.79 Å². The minimum atomic E-state index is -3.01. The van der Waals surface area contributed by atoms with Crippen molar-refractivity contribution >= 4 is 15.7 Å². The molecular weight excluding hydrogens is 276 g/mol. The smallest absolute Gasteiger partial charge is 0.251 e. The van der Waals surface area contributed by atoms with E-state index in [1.807, 2.05) is 12.1 Å². The minimum Gasteiger partial charge on any atom is -0.351 e. The molecule has 0 bridgehead atoms. The zero-order valence-corrected chi connectivity index (χ0v) is 12.2. The molecule has 0 spiro atoms. The van der Waals surface area contributed by atoms with Crippen LogP contribution in [-0.2, 0) is 16.3 Å². The topological polar surface area (TPSA) is 89.3 Å². The summed E-state index contributed by atoms with van der Waals surface area (Å²) in [6.07, 6.45) is 2.11. The first-order valence-corrected chi connectivity index (χ1v) is 8.53. The van der Waals surface area contributed by atoms with E-state index in [4.69, 9.17) is 5.73 Å². The van der Waals surface area contributed by atoms with Crippen molar-refractivity contribution < 1.29 is 13.2 Å². The molecule has 5 nitrogen and oxygen atoms in total. The molecule has 1 heterocycles. The zero-order valence-electron chi connectivity index (χ0n) is 11.3. The van der Waals surface area contributed by atoms with Crippen LogP contribution in [0, 0.1) is 0 Å². The van der Waals surface area contributed by atoms with Crippen molar-refractivity contribution in [2.75, 3.05) is 18.8 Å². The first kappa shape index (κ1) is 15.0. The van der Waals surface area contributed by atoms with Crippen LogP contribution in [0.25, 0.3) is 0 Å². The summed E-state index contributed by atoms with van der Waals surface area (Å²) < 4.78 is 23.3. The fraction of sp³-hybridized carbons (Fsp3) is 0.500. The second-order valence-corrected chi connectivity index (χ2v) is 7.48. The Kier molecular flexibility index (Phi) is 4.77. The number of rotatable bonds is 5. The van der Waals surface area contributed by atoms with Gasteiger partial charge in [0.05, 0.1) is 11.0 Å². The van der Waals surface area contributed by atoms with Gasteiger partial charge in [-0.05, 0) is 43.5 Å². The molecule has 0 radical (unpaired) electrons. The fourth-order valence-corrected chi connectivity index (χ4v) is 4.15. The molecule has 20 heavy (non-hydrogen) atoms. The van der Waals surface area contributed by atoms with Crippen molar-refractivity contribution in [2.45, 2.75) is 24.5 Å². The molecule has 1 aliphatic rings. The average molecular weight is 296 g/mol. The van der Waals surface area contributed by atoms with E-state index in [9.17, 15) is 13.2 Å². The Hall–Kier alpha value is -1.40. The maximum atomic E-state index is 12.0. The summed E-state index contributed by atoms with van der Waals surface area (Å²) in [7, 11) is -3.01. The number of nitrogens with one attached hydrogen (secondary N) is 1. The number of nitrogens with two attached hydrogens (primary N) is 1. The van der Waals surface area contributed by atoms with E-state index in [0.717, 1.165) is 12.0 Å². The largest absolute Gasteiger partial charge is 0.351 e. The monoisotopic (exact) mass is 296 g/mol. The van der Waals surface area contributed by atoms with E-state index in [0.29, 0.717) is 24.9 Å². The molecule has 1 saturated heterocycles. The quantitative estimate of drug-likeness (QED) is 0.828. The standard InChI is InChI=1S/C14H20N2O3S/c15-8-7-11-3-5-12(6-4-11)14(17)16-10-13-2-1-9-20(13,18)19/h3-6,13H,1-2,7-10,15H2,(H,16,17). The van der Waals surface area contributed by atoms with Crippen LogP contribution in [-0.4, -0.2) is 38.4 Å². The molecule has 6 heteroatoms. The van der Waals surface area contributed by atoms with Crippen LogP contribution in [0.15, 0.2) is 24.3 Å². The predicted molar refractivity (Wildman–Crippen MR) is 78.3 cm³/mol. The molecule has 1 aliphatic heterocycles. The molecule has 0 saturated carbocycles. The number of hydrogen-bond donors (Lipinski definition) is 2. The number of hydrogen-bond acceptors (Lipinski definition) is 4. The van der Waals surface area contributed by atoms with Crippen LogP contribution in [0.5, 0.6) is 0 Å². The van der Waals surface area contributed by atoms with Crippen LogP contribution < -0.4 is 11.1 Å². The number of benzene rings is 1. The van der Waals surface area contributed by atoms with E-state index in [-0.39, 0.29) is 18.2 Å². The summed E-state index contributed by atoms with van der Waals surface area (Å²) in [4.78, 5) is 12.0. The minimum absolute atomic E-state index is 0.200. The summed E-state index contributed by atoms with van der Waals surface area (Å²) in [5.41, 5.74) is 7.09. The van der Waals surface area contributed by atoms with Gasteiger partial charge in [-0.1, -0.05) is 12.1 Å². The summed E-state index contributed by atoms with van der Waals surface area (Å²) in [5.74, 6) is 0.00724. The van der Waals surface area contributed by atoms with Gasteiger partial charge in [-0.15, -0.1) is 0 Å². The Balaban J connectivity index is 1.91. The van der Waals surface area contributed by atoms with Crippen molar-refractivity contribution in [2.24, 2.45) is 5.73 Å². The maximum Gasteiger partial charge on any atom is 0.251 e. The van der Waals surface area contributed by atoms with Crippen LogP contribution in [0.1, 0.15) is 28.8 Å². The predicted octanol–water partition coefficient (Wildman–Crippen LogP) is 0.495. The molecule has 0 aromatic heterocycles. The number of carbonyl (C=O) groups excluding carboxylic acids is 1. The molecule has 110 valence electrons. The normalized spacial score (nSPS) is 20.8. The lowest BCUT2D eigenvalue weighted by Crippen LogP contribution is -2.34. The molecular formula is C14H20N2O3S. The molecule has 0 aliphatic carbocycles. The zero-order chi connectivity index (χ0) is 14.6. The summed E-state index contributed by atoms with van der Waals surface area (Å²) >= 11 is 0. The van der Waals surface area contributed by atoms with E-state index in [2.05, 4.69) is 5.32 Å². The van der Waals surface area contributed by atoms with Crippen LogP contribution in [0.4, 0.5) is 0 Å². The molecule has 3 N–H and O–H groups in total. The molecule has 1 aromatic carbocycles. The molecule has 2 rings (SSSR count). The van der Waals surface area contributed by atoms with E-state index >= 15 is 0 Å². The highest BCUT2D eigenvalue weighted by Gasteiger charge is 2.31. The number of carbonyl (C=O) groups is 1. The van der Waals surface area contributed by atoms with Gasteiger partial charge in [-0.25, -0.2) is 8.42 Å². The first-order valence-electron chi connectivity index (χ1n) is 6.82. The van der Waals surface area contributed by atoms with Gasteiger partial charge in [0.15, 0.2) is 9.84 Å². The van der Waals surface area contributed by atoms with E-state index < -0.39 is 15.1 Å². The van der Waals surface area contributed by atoms with Crippen molar-refractivity contribution in [1.82, 2.24) is 5.32 Å². The van der Waals surface area contributed by atoms with Gasteiger partial charge in [0, 0.05) is 12.1 Å². The van der Waals surface area contributed by atoms with Crippen LogP contribution in [0.2, 0.25) is 0 Å². The van der Waals surface area contributed by atoms with Gasteiger partial charge in [0.1, 0.15) is 0 Å². The van der Waals surface area contributed by atoms with Gasteiger partial charge in [0.2, 0.25) is 0 Å². The first-order chi connectivity index (χ1) is 9.53. The molecule has 1 unspecified atom stereocenters. The second-order valence-electron chi connectivity index (χ2n) is 5.08. The van der Waals surface area contributed by atoms with E-state index in [1.165, 1.54) is 0 Å². The molecule has 1 amide bonds. The molecule has 1 atom stereocenters. The number of sulfone groups is 1. The van der Waals surface area contributed by atoms with Crippen LogP contribution >= 0.6 is 0 Å². The van der Waals surface area contributed by atoms with Crippen LogP contribution in [0.3, 0.4) is 0 Å². The summed E-state index contributed by atoms with van der Waals surface area (Å²) in [6, 6.07) is 7.22. The lowest BCUT2D eigenvalue weighted by molar-refractivity contribution is 0.0953. The van der Waals surface area contributed by atoms with Crippen molar-refractivity contribution in [3.63, 3.8) is 0 Å². The highest BCUT2D eigenvalue weighted by Crippen LogP contribution is 2.19. The second kappa shape index (κ2) is 6.37. The Morgan fingerprint density at radius 2 is 2.00 bits per heavy atom. The third-order valence-electron chi connectivity index (χ3n) is 3.60. The van der Waals surface area contributed by atoms with Crippen molar-refractivity contribution in [3.8, 4) is 0 Å². The lowest BCUT2D eigenvalue weighted by atomic mass is 10.1. The van der Waals surface area contributed by atoms with Crippen molar-refractivity contribution in [1.29, 1.82) is 0 Å². The molecule has 1 aromatic rings. The highest BCUT2D eigenvalue weighted by molar-refractivity contribution is 7.92. The Labute approximate surface area is 119 Å². The highest BCUT2D eigenvalue weighted by atomic mass is 32.2. The van der Waals surface area contributed by atoms with Crippen molar-refractivity contribution in [3.05, 3.63) is 35.4 Å². The Morgan fingerprint density at radius 3 is 2.55 bits per heavy atom. The summed E-state index contributed by atoms with van der Waals surface area (Å²) in [6.45, 7) is 0.775. The lowest BCUT2D eigenvalue weighted by Gasteiger charge is -2.11. The fourth-order valence-electron chi connectivity index (χ4n) is 2.39. The maximum absolute atomic E-state index is 12.0. The van der Waals surface area contributed by atoms with Gasteiger partial charge < -0.3 is 11.1 Å². The average Bonchev–Trinajstić information content (AvgIpc) is 2.76. The SMILES string of the molecule is NCCc1ccc(C(=O)NCC2CCCS2(=O)=O)cc1. The third kappa shape index (κ3) is 3.58. The van der Waals surface area contributed by atoms with Gasteiger partial charge in [-0.2, -0.15) is 0 Å².